The van der Waals surface area contributed by atoms with Crippen molar-refractivity contribution >= 4 is 35.6 Å². The van der Waals surface area contributed by atoms with Gasteiger partial charge in [0, 0.05) is 31.8 Å². The van der Waals surface area contributed by atoms with Crippen molar-refractivity contribution in [2.24, 2.45) is 4.99 Å². The summed E-state index contributed by atoms with van der Waals surface area (Å²) in [6.45, 7) is 4.52. The molecule has 7 heteroatoms. The minimum absolute atomic E-state index is 0. The standard InChI is InChI=1S/C12H18N4O2.HI/c1-9(2)15-12(13-3)14-8-10-5-4-6-11(7-10)16(17)18;/h4-7,9H,8H2,1-3H3,(H2,13,14,15);1H. The summed E-state index contributed by atoms with van der Waals surface area (Å²) in [4.78, 5) is 14.3. The number of nitro benzene ring substituents is 1. The van der Waals surface area contributed by atoms with Gasteiger partial charge in [-0.05, 0) is 19.4 Å². The molecule has 0 saturated heterocycles. The van der Waals surface area contributed by atoms with Crippen LogP contribution in [0.4, 0.5) is 5.69 Å². The highest BCUT2D eigenvalue weighted by Crippen LogP contribution is 2.12. The molecule has 0 aliphatic rings. The fourth-order valence-corrected chi connectivity index (χ4v) is 1.43. The second-order valence-electron chi connectivity index (χ2n) is 4.15. The number of halogens is 1. The van der Waals surface area contributed by atoms with Gasteiger partial charge in [-0.25, -0.2) is 0 Å². The zero-order valence-corrected chi connectivity index (χ0v) is 13.5. The molecule has 106 valence electrons. The summed E-state index contributed by atoms with van der Waals surface area (Å²) in [5.41, 5.74) is 0.942. The third-order valence-corrected chi connectivity index (χ3v) is 2.23. The number of nitrogens with one attached hydrogen (secondary N) is 2. The molecular weight excluding hydrogens is 359 g/mol. The number of hydrogen-bond acceptors (Lipinski definition) is 3. The SMILES string of the molecule is CN=C(NCc1cccc([N+](=O)[O-])c1)NC(C)C.I. The first-order valence-corrected chi connectivity index (χ1v) is 5.73. The van der Waals surface area contributed by atoms with E-state index in [4.69, 9.17) is 0 Å². The molecule has 0 spiro atoms. The van der Waals surface area contributed by atoms with Gasteiger partial charge in [-0.3, -0.25) is 15.1 Å². The monoisotopic (exact) mass is 378 g/mol. The highest BCUT2D eigenvalue weighted by Gasteiger charge is 2.06. The molecule has 2 N–H and O–H groups in total. The zero-order valence-electron chi connectivity index (χ0n) is 11.2. The van der Waals surface area contributed by atoms with Gasteiger partial charge >= 0.3 is 0 Å². The van der Waals surface area contributed by atoms with Crippen LogP contribution >= 0.6 is 24.0 Å². The summed E-state index contributed by atoms with van der Waals surface area (Å²) in [5, 5.41) is 16.9. The molecule has 0 heterocycles. The Morgan fingerprint density at radius 3 is 2.68 bits per heavy atom. The second kappa shape index (κ2) is 8.68. The van der Waals surface area contributed by atoms with Gasteiger partial charge < -0.3 is 10.6 Å². The van der Waals surface area contributed by atoms with Crippen molar-refractivity contribution in [2.75, 3.05) is 7.05 Å². The molecule has 19 heavy (non-hydrogen) atoms. The van der Waals surface area contributed by atoms with E-state index in [0.717, 1.165) is 5.56 Å². The van der Waals surface area contributed by atoms with Gasteiger partial charge in [-0.15, -0.1) is 24.0 Å². The van der Waals surface area contributed by atoms with Crippen molar-refractivity contribution in [3.63, 3.8) is 0 Å². The van der Waals surface area contributed by atoms with E-state index in [2.05, 4.69) is 15.6 Å². The van der Waals surface area contributed by atoms with Gasteiger partial charge in [0.05, 0.1) is 4.92 Å². The predicted octanol–water partition coefficient (Wildman–Crippen LogP) is 2.29. The third kappa shape index (κ3) is 6.37. The van der Waals surface area contributed by atoms with Gasteiger partial charge in [0.1, 0.15) is 0 Å². The molecule has 1 rings (SSSR count). The molecule has 1 aromatic carbocycles. The van der Waals surface area contributed by atoms with E-state index >= 15 is 0 Å². The molecule has 0 aliphatic carbocycles. The Morgan fingerprint density at radius 1 is 1.47 bits per heavy atom. The van der Waals surface area contributed by atoms with Crippen LogP contribution in [0.15, 0.2) is 29.3 Å². The molecule has 0 bridgehead atoms. The average molecular weight is 378 g/mol. The minimum atomic E-state index is -0.398. The quantitative estimate of drug-likeness (QED) is 0.277. The summed E-state index contributed by atoms with van der Waals surface area (Å²) >= 11 is 0. The molecule has 0 aliphatic heterocycles. The van der Waals surface area contributed by atoms with Gasteiger partial charge in [-0.1, -0.05) is 12.1 Å². The first-order valence-electron chi connectivity index (χ1n) is 5.73. The Bertz CT molecular complexity index is 449. The normalized spacial score (nSPS) is 10.8. The third-order valence-electron chi connectivity index (χ3n) is 2.23. The van der Waals surface area contributed by atoms with Gasteiger partial charge in [0.15, 0.2) is 5.96 Å². The Balaban J connectivity index is 0.00000324. The minimum Gasteiger partial charge on any atom is -0.354 e. The van der Waals surface area contributed by atoms with Crippen molar-refractivity contribution < 1.29 is 4.92 Å². The highest BCUT2D eigenvalue weighted by atomic mass is 127. The van der Waals surface area contributed by atoms with E-state index in [-0.39, 0.29) is 35.7 Å². The lowest BCUT2D eigenvalue weighted by Crippen LogP contribution is -2.40. The summed E-state index contributed by atoms with van der Waals surface area (Å²) in [5.74, 6) is 0.677. The number of rotatable bonds is 4. The predicted molar refractivity (Wildman–Crippen MR) is 87.0 cm³/mol. The van der Waals surface area contributed by atoms with Crippen molar-refractivity contribution in [2.45, 2.75) is 26.4 Å². The first-order chi connectivity index (χ1) is 8.52. The number of aliphatic imine (C=N–C) groups is 1. The summed E-state index contributed by atoms with van der Waals surface area (Å²) in [6.07, 6.45) is 0. The lowest BCUT2D eigenvalue weighted by Gasteiger charge is -2.14. The molecule has 0 saturated carbocycles. The molecule has 0 amide bonds. The number of hydrogen-bond donors (Lipinski definition) is 2. The van der Waals surface area contributed by atoms with Gasteiger partial charge in [0.2, 0.25) is 0 Å². The second-order valence-corrected chi connectivity index (χ2v) is 4.15. The number of nitro groups is 1. The summed E-state index contributed by atoms with van der Waals surface area (Å²) in [6, 6.07) is 6.82. The maximum Gasteiger partial charge on any atom is 0.269 e. The molecule has 6 nitrogen and oxygen atoms in total. The highest BCUT2D eigenvalue weighted by molar-refractivity contribution is 14.0. The van der Waals surface area contributed by atoms with Crippen LogP contribution in [0.5, 0.6) is 0 Å². The summed E-state index contributed by atoms with van der Waals surface area (Å²) < 4.78 is 0. The Labute approximate surface area is 129 Å². The summed E-state index contributed by atoms with van der Waals surface area (Å²) in [7, 11) is 1.69. The van der Waals surface area contributed by atoms with Crippen molar-refractivity contribution in [3.8, 4) is 0 Å². The molecule has 0 fully saturated rings. The maximum atomic E-state index is 10.6. The van der Waals surface area contributed by atoms with Gasteiger partial charge in [0.25, 0.3) is 5.69 Å². The van der Waals surface area contributed by atoms with Crippen LogP contribution in [0.3, 0.4) is 0 Å². The topological polar surface area (TPSA) is 79.6 Å². The molecule has 1 aromatic rings. The molecule has 0 aromatic heterocycles. The van der Waals surface area contributed by atoms with Crippen LogP contribution in [0.1, 0.15) is 19.4 Å². The molecule has 0 radical (unpaired) electrons. The van der Waals surface area contributed by atoms with Crippen LogP contribution in [-0.4, -0.2) is 24.0 Å². The fraction of sp³-hybridized carbons (Fsp3) is 0.417. The van der Waals surface area contributed by atoms with Crippen molar-refractivity contribution in [1.82, 2.24) is 10.6 Å². The van der Waals surface area contributed by atoms with Gasteiger partial charge in [-0.2, -0.15) is 0 Å². The molecule has 0 unspecified atom stereocenters. The number of benzene rings is 1. The molecular formula is C12H19IN4O2. The van der Waals surface area contributed by atoms with E-state index in [9.17, 15) is 10.1 Å². The van der Waals surface area contributed by atoms with Crippen molar-refractivity contribution in [1.29, 1.82) is 0 Å². The van der Waals surface area contributed by atoms with E-state index in [1.165, 1.54) is 6.07 Å². The maximum absolute atomic E-state index is 10.6. The Morgan fingerprint density at radius 2 is 2.16 bits per heavy atom. The smallest absolute Gasteiger partial charge is 0.269 e. The van der Waals surface area contributed by atoms with E-state index < -0.39 is 4.92 Å². The zero-order chi connectivity index (χ0) is 13.5. The lowest BCUT2D eigenvalue weighted by atomic mass is 10.2. The fourth-order valence-electron chi connectivity index (χ4n) is 1.43. The van der Waals surface area contributed by atoms with Crippen LogP contribution in [0, 0.1) is 10.1 Å². The van der Waals surface area contributed by atoms with Crippen LogP contribution in [0.2, 0.25) is 0 Å². The number of nitrogens with zero attached hydrogens (tertiary/aromatic N) is 2. The average Bonchev–Trinajstić information content (AvgIpc) is 2.34. The largest absolute Gasteiger partial charge is 0.354 e. The Kier molecular flexibility index (Phi) is 8.05. The van der Waals surface area contributed by atoms with E-state index in [1.807, 2.05) is 19.9 Å². The van der Waals surface area contributed by atoms with Crippen LogP contribution < -0.4 is 10.6 Å². The Hall–Kier alpha value is -1.38. The van der Waals surface area contributed by atoms with Crippen LogP contribution in [0.25, 0.3) is 0 Å². The molecule has 0 atom stereocenters. The van der Waals surface area contributed by atoms with Crippen molar-refractivity contribution in [3.05, 3.63) is 39.9 Å². The van der Waals surface area contributed by atoms with E-state index in [0.29, 0.717) is 12.5 Å². The van der Waals surface area contributed by atoms with Crippen LogP contribution in [-0.2, 0) is 6.54 Å². The number of guanidine groups is 1. The number of non-ortho nitro benzene ring substituents is 1. The lowest BCUT2D eigenvalue weighted by molar-refractivity contribution is -0.384. The van der Waals surface area contributed by atoms with E-state index in [1.54, 1.807) is 19.2 Å². The first kappa shape index (κ1) is 17.6.